The molecule has 1 saturated heterocycles. The van der Waals surface area contributed by atoms with Crippen LogP contribution >= 0.6 is 0 Å². The van der Waals surface area contributed by atoms with Gasteiger partial charge in [0.05, 0.1) is 11.9 Å². The summed E-state index contributed by atoms with van der Waals surface area (Å²) in [5.41, 5.74) is 1.96. The maximum absolute atomic E-state index is 13.7. The van der Waals surface area contributed by atoms with Crippen LogP contribution in [0.2, 0.25) is 0 Å². The average Bonchev–Trinajstić information content (AvgIpc) is 2.75. The molecule has 0 saturated carbocycles. The summed E-state index contributed by atoms with van der Waals surface area (Å²) in [5.74, 6) is -2.81. The zero-order chi connectivity index (χ0) is 23.3. The Hall–Kier alpha value is -2.52. The Kier molecular flexibility index (Phi) is 7.84. The predicted molar refractivity (Wildman–Crippen MR) is 121 cm³/mol. The number of hydrogen-bond donors (Lipinski definition) is 1. The molecule has 1 fully saturated rings. The van der Waals surface area contributed by atoms with Gasteiger partial charge in [-0.1, -0.05) is 30.7 Å². The van der Waals surface area contributed by atoms with Gasteiger partial charge in [-0.2, -0.15) is 0 Å². The molecule has 1 N–H and O–H groups in total. The van der Waals surface area contributed by atoms with Crippen LogP contribution in [0.25, 0.3) is 0 Å². The largest absolute Gasteiger partial charge is 0.350 e. The van der Waals surface area contributed by atoms with E-state index >= 15 is 0 Å². The first-order valence-electron chi connectivity index (χ1n) is 10.7. The number of sulfonamides is 1. The fraction of sp³-hybridized carbons (Fsp3) is 0.435. The van der Waals surface area contributed by atoms with Crippen LogP contribution in [0, 0.1) is 11.6 Å². The third kappa shape index (κ3) is 6.04. The SMILES string of the molecule is C[C@H](C(=O)NCc1ccccc1CN1CCCCC1)N(c1ccc(F)c(F)c1)S(C)(=O)=O. The van der Waals surface area contributed by atoms with E-state index in [9.17, 15) is 22.0 Å². The third-order valence-corrected chi connectivity index (χ3v) is 6.90. The maximum atomic E-state index is 13.7. The van der Waals surface area contributed by atoms with Crippen molar-refractivity contribution >= 4 is 21.6 Å². The van der Waals surface area contributed by atoms with Crippen molar-refractivity contribution in [2.75, 3.05) is 23.7 Å². The van der Waals surface area contributed by atoms with Gasteiger partial charge in [-0.25, -0.2) is 17.2 Å². The molecular formula is C23H29F2N3O3S. The molecule has 1 atom stereocenters. The highest BCUT2D eigenvalue weighted by molar-refractivity contribution is 7.92. The molecule has 2 aromatic carbocycles. The zero-order valence-corrected chi connectivity index (χ0v) is 19.2. The lowest BCUT2D eigenvalue weighted by molar-refractivity contribution is -0.122. The average molecular weight is 466 g/mol. The molecule has 1 aliphatic heterocycles. The van der Waals surface area contributed by atoms with Crippen LogP contribution in [0.5, 0.6) is 0 Å². The van der Waals surface area contributed by atoms with Crippen LogP contribution in [0.15, 0.2) is 42.5 Å². The van der Waals surface area contributed by atoms with Gasteiger partial charge in [0.2, 0.25) is 15.9 Å². The van der Waals surface area contributed by atoms with E-state index in [4.69, 9.17) is 0 Å². The minimum absolute atomic E-state index is 0.112. The summed E-state index contributed by atoms with van der Waals surface area (Å²) in [6.07, 6.45) is 4.54. The van der Waals surface area contributed by atoms with Crippen molar-refractivity contribution in [1.29, 1.82) is 0 Å². The van der Waals surface area contributed by atoms with Gasteiger partial charge in [0.1, 0.15) is 6.04 Å². The molecule has 1 heterocycles. The highest BCUT2D eigenvalue weighted by Gasteiger charge is 2.29. The summed E-state index contributed by atoms with van der Waals surface area (Å²) in [6, 6.07) is 9.42. The van der Waals surface area contributed by atoms with Crippen molar-refractivity contribution in [3.63, 3.8) is 0 Å². The van der Waals surface area contributed by atoms with E-state index in [1.807, 2.05) is 24.3 Å². The van der Waals surface area contributed by atoms with Crippen molar-refractivity contribution in [3.05, 3.63) is 65.2 Å². The fourth-order valence-electron chi connectivity index (χ4n) is 4.00. The highest BCUT2D eigenvalue weighted by Crippen LogP contribution is 2.23. The van der Waals surface area contributed by atoms with E-state index in [-0.39, 0.29) is 12.2 Å². The van der Waals surface area contributed by atoms with Crippen molar-refractivity contribution in [1.82, 2.24) is 10.2 Å². The number of likely N-dealkylation sites (tertiary alicyclic amines) is 1. The Bertz CT molecular complexity index is 1060. The number of halogens is 2. The number of nitrogens with zero attached hydrogens (tertiary/aromatic N) is 2. The van der Waals surface area contributed by atoms with Crippen LogP contribution in [0.3, 0.4) is 0 Å². The third-order valence-electron chi connectivity index (χ3n) is 5.66. The minimum Gasteiger partial charge on any atom is -0.350 e. The molecule has 1 aliphatic rings. The molecule has 174 valence electrons. The number of rotatable bonds is 8. The molecule has 0 aromatic heterocycles. The molecule has 0 aliphatic carbocycles. The van der Waals surface area contributed by atoms with Gasteiger partial charge < -0.3 is 5.32 Å². The van der Waals surface area contributed by atoms with Crippen LogP contribution in [-0.2, 0) is 27.9 Å². The molecule has 9 heteroatoms. The van der Waals surface area contributed by atoms with Crippen molar-refractivity contribution in [2.45, 2.75) is 45.3 Å². The smallest absolute Gasteiger partial charge is 0.243 e. The van der Waals surface area contributed by atoms with Crippen molar-refractivity contribution < 1.29 is 22.0 Å². The number of carbonyl (C=O) groups is 1. The summed E-state index contributed by atoms with van der Waals surface area (Å²) in [6.45, 7) is 4.55. The first kappa shape index (κ1) is 24.1. The van der Waals surface area contributed by atoms with Crippen LogP contribution in [0.1, 0.15) is 37.3 Å². The van der Waals surface area contributed by atoms with Crippen LogP contribution in [0.4, 0.5) is 14.5 Å². The second-order valence-corrected chi connectivity index (χ2v) is 10.0. The van der Waals surface area contributed by atoms with Crippen LogP contribution < -0.4 is 9.62 Å². The molecule has 3 rings (SSSR count). The van der Waals surface area contributed by atoms with Gasteiger partial charge in [-0.15, -0.1) is 0 Å². The number of benzene rings is 2. The fourth-order valence-corrected chi connectivity index (χ4v) is 5.17. The standard InChI is InChI=1S/C23H29F2N3O3S/c1-17(28(32(2,30)31)20-10-11-21(24)22(25)14-20)23(29)26-15-18-8-4-5-9-19(18)16-27-12-6-3-7-13-27/h4-5,8-11,14,17H,3,6-7,12-13,15-16H2,1-2H3,(H,26,29)/t17-/m1/s1. The van der Waals surface area contributed by atoms with Gasteiger partial charge in [-0.05, 0) is 56.1 Å². The number of piperidine rings is 1. The maximum Gasteiger partial charge on any atom is 0.243 e. The Morgan fingerprint density at radius 1 is 1.06 bits per heavy atom. The monoisotopic (exact) mass is 465 g/mol. The lowest BCUT2D eigenvalue weighted by atomic mass is 10.0. The molecular weight excluding hydrogens is 436 g/mol. The quantitative estimate of drug-likeness (QED) is 0.649. The number of carbonyl (C=O) groups excluding carboxylic acids is 1. The lowest BCUT2D eigenvalue weighted by Crippen LogP contribution is -2.47. The Morgan fingerprint density at radius 2 is 1.72 bits per heavy atom. The van der Waals surface area contributed by atoms with E-state index in [1.54, 1.807) is 0 Å². The Labute approximate surface area is 188 Å². The predicted octanol–water partition coefficient (Wildman–Crippen LogP) is 3.42. The Morgan fingerprint density at radius 3 is 2.34 bits per heavy atom. The van der Waals surface area contributed by atoms with E-state index in [2.05, 4.69) is 10.2 Å². The van der Waals surface area contributed by atoms with E-state index in [0.29, 0.717) is 0 Å². The highest BCUT2D eigenvalue weighted by atomic mass is 32.2. The molecule has 0 radical (unpaired) electrons. The lowest BCUT2D eigenvalue weighted by Gasteiger charge is -2.29. The molecule has 1 amide bonds. The molecule has 6 nitrogen and oxygen atoms in total. The number of nitrogens with one attached hydrogen (secondary N) is 1. The van der Waals surface area contributed by atoms with Crippen LogP contribution in [-0.4, -0.2) is 44.6 Å². The summed E-state index contributed by atoms with van der Waals surface area (Å²) in [4.78, 5) is 15.2. The van der Waals surface area contributed by atoms with E-state index < -0.39 is 33.6 Å². The molecule has 2 aromatic rings. The zero-order valence-electron chi connectivity index (χ0n) is 18.4. The summed E-state index contributed by atoms with van der Waals surface area (Å²) < 4.78 is 52.5. The minimum atomic E-state index is -3.93. The van der Waals surface area contributed by atoms with Crippen molar-refractivity contribution in [3.8, 4) is 0 Å². The van der Waals surface area contributed by atoms with Gasteiger partial charge >= 0.3 is 0 Å². The van der Waals surface area contributed by atoms with Gasteiger partial charge in [0.15, 0.2) is 11.6 Å². The van der Waals surface area contributed by atoms with E-state index in [0.717, 1.165) is 59.5 Å². The normalized spacial score (nSPS) is 15.9. The number of hydrogen-bond acceptors (Lipinski definition) is 4. The topological polar surface area (TPSA) is 69.7 Å². The molecule has 0 unspecified atom stereocenters. The summed E-state index contributed by atoms with van der Waals surface area (Å²) in [7, 11) is -3.93. The summed E-state index contributed by atoms with van der Waals surface area (Å²) >= 11 is 0. The van der Waals surface area contributed by atoms with Crippen molar-refractivity contribution in [2.24, 2.45) is 0 Å². The second kappa shape index (κ2) is 10.4. The Balaban J connectivity index is 1.72. The second-order valence-electron chi connectivity index (χ2n) is 8.16. The van der Waals surface area contributed by atoms with Gasteiger partial charge in [0, 0.05) is 19.2 Å². The molecule has 32 heavy (non-hydrogen) atoms. The number of amides is 1. The van der Waals surface area contributed by atoms with E-state index in [1.165, 1.54) is 26.2 Å². The summed E-state index contributed by atoms with van der Waals surface area (Å²) in [5, 5.41) is 2.79. The molecule has 0 spiro atoms. The van der Waals surface area contributed by atoms with Gasteiger partial charge in [0.25, 0.3) is 0 Å². The number of anilines is 1. The first-order valence-corrected chi connectivity index (χ1v) is 12.5. The molecule has 0 bridgehead atoms. The first-order chi connectivity index (χ1) is 15.2. The van der Waals surface area contributed by atoms with Gasteiger partial charge in [-0.3, -0.25) is 14.0 Å².